The minimum atomic E-state index is -4.92. The van der Waals surface area contributed by atoms with Crippen molar-refractivity contribution in [3.05, 3.63) is 0 Å². The van der Waals surface area contributed by atoms with Gasteiger partial charge >= 0.3 is 11.9 Å². The largest absolute Gasteiger partial charge is 0.726 e. The van der Waals surface area contributed by atoms with Gasteiger partial charge in [0, 0.05) is 0 Å². The van der Waals surface area contributed by atoms with Crippen molar-refractivity contribution in [2.45, 2.75) is 50.6 Å². The Morgan fingerprint density at radius 1 is 0.840 bits per heavy atom. The molecule has 0 aromatic heterocycles. The lowest BCUT2D eigenvalue weighted by molar-refractivity contribution is -0.139. The first kappa shape index (κ1) is 28.5. The van der Waals surface area contributed by atoms with Crippen LogP contribution in [-0.4, -0.2) is 64.8 Å². The summed E-state index contributed by atoms with van der Waals surface area (Å²) < 4.78 is 32.8. The molecule has 0 aliphatic heterocycles. The van der Waals surface area contributed by atoms with Crippen LogP contribution in [0.2, 0.25) is 0 Å². The van der Waals surface area contributed by atoms with E-state index >= 15 is 0 Å². The monoisotopic (exact) mass is 389 g/mol. The molecule has 0 fully saturated rings. The molecule has 0 heterocycles. The SMILES string of the molecule is NCCCC[C@H](N)C(=O)O.NCCCC[C@H](N)C(=O)O.O=S(=O)([O-])O. The normalized spacial score (nSPS) is 12.7. The maximum Gasteiger partial charge on any atom is 0.320 e. The fourth-order valence-electron chi connectivity index (χ4n) is 1.26. The van der Waals surface area contributed by atoms with Gasteiger partial charge in [-0.3, -0.25) is 14.1 Å². The zero-order valence-electron chi connectivity index (χ0n) is 13.9. The summed E-state index contributed by atoms with van der Waals surface area (Å²) in [6.07, 6.45) is 4.33. The van der Waals surface area contributed by atoms with Gasteiger partial charge in [0.15, 0.2) is 0 Å². The molecule has 0 amide bonds. The Hall–Kier alpha value is -1.35. The summed E-state index contributed by atoms with van der Waals surface area (Å²) in [6, 6.07) is -1.43. The second kappa shape index (κ2) is 17.5. The van der Waals surface area contributed by atoms with E-state index in [0.717, 1.165) is 25.7 Å². The smallest absolute Gasteiger partial charge is 0.320 e. The van der Waals surface area contributed by atoms with Crippen molar-refractivity contribution in [3.63, 3.8) is 0 Å². The first-order valence-electron chi connectivity index (χ1n) is 7.42. The highest BCUT2D eigenvalue weighted by Crippen LogP contribution is 1.97. The number of aliphatic carboxylic acids is 2. The van der Waals surface area contributed by atoms with Crippen LogP contribution in [0.1, 0.15) is 38.5 Å². The molecule has 0 aromatic carbocycles. The maximum atomic E-state index is 10.1. The average Bonchev–Trinajstić information content (AvgIpc) is 2.46. The van der Waals surface area contributed by atoms with E-state index in [9.17, 15) is 9.59 Å². The van der Waals surface area contributed by atoms with Crippen LogP contribution in [0.25, 0.3) is 0 Å². The predicted octanol–water partition coefficient (Wildman–Crippen LogP) is -1.94. The molecule has 2 atom stereocenters. The van der Waals surface area contributed by atoms with Gasteiger partial charge in [-0.05, 0) is 38.8 Å². The van der Waals surface area contributed by atoms with Crippen LogP contribution in [0.3, 0.4) is 0 Å². The topological polar surface area (TPSA) is 256 Å². The Kier molecular flexibility index (Phi) is 19.9. The number of carboxylic acid groups (broad SMARTS) is 2. The van der Waals surface area contributed by atoms with Crippen LogP contribution in [0, 0.1) is 0 Å². The maximum absolute atomic E-state index is 10.1. The first-order valence-corrected chi connectivity index (χ1v) is 8.78. The van der Waals surface area contributed by atoms with Crippen molar-refractivity contribution in [2.75, 3.05) is 13.1 Å². The van der Waals surface area contributed by atoms with Crippen LogP contribution >= 0.6 is 0 Å². The average molecular weight is 389 g/mol. The Morgan fingerprint density at radius 3 is 1.24 bits per heavy atom. The summed E-state index contributed by atoms with van der Waals surface area (Å²) in [5.41, 5.74) is 20.8. The second-order valence-corrected chi connectivity index (χ2v) is 5.74. The Balaban J connectivity index is -0.000000308. The second-order valence-electron chi connectivity index (χ2n) is 4.89. The molecular formula is C12H29N4O8S-. The van der Waals surface area contributed by atoms with Crippen LogP contribution < -0.4 is 22.9 Å². The van der Waals surface area contributed by atoms with Gasteiger partial charge in [0.05, 0.1) is 0 Å². The van der Waals surface area contributed by atoms with Gasteiger partial charge in [-0.15, -0.1) is 0 Å². The highest BCUT2D eigenvalue weighted by molar-refractivity contribution is 7.79. The quantitative estimate of drug-likeness (QED) is 0.122. The van der Waals surface area contributed by atoms with Gasteiger partial charge in [0.2, 0.25) is 10.4 Å². The number of nitrogens with two attached hydrogens (primary N) is 4. The van der Waals surface area contributed by atoms with Crippen LogP contribution in [0.5, 0.6) is 0 Å². The third kappa shape index (κ3) is 34.8. The van der Waals surface area contributed by atoms with E-state index < -0.39 is 34.4 Å². The number of hydrogen-bond acceptors (Lipinski definition) is 9. The standard InChI is InChI=1S/2C6H14N2O2.H2O4S/c2*7-4-2-1-3-5(8)6(9)10;1-5(2,3)4/h2*5H,1-4,7-8H2,(H,9,10);(H2,1,2,3,4)/p-1/t2*5-;/m00./s1. The molecule has 0 saturated heterocycles. The molecule has 13 heteroatoms. The van der Waals surface area contributed by atoms with Gasteiger partial charge in [-0.2, -0.15) is 0 Å². The Morgan fingerprint density at radius 2 is 1.08 bits per heavy atom. The van der Waals surface area contributed by atoms with Crippen molar-refractivity contribution >= 4 is 22.3 Å². The van der Waals surface area contributed by atoms with Gasteiger partial charge in [-0.1, -0.05) is 12.8 Å². The minimum absolute atomic E-state index is 0.520. The summed E-state index contributed by atoms with van der Waals surface area (Å²) in [5, 5.41) is 16.7. The molecule has 11 N–H and O–H groups in total. The zero-order valence-corrected chi connectivity index (χ0v) is 14.7. The van der Waals surface area contributed by atoms with E-state index in [2.05, 4.69) is 0 Å². The van der Waals surface area contributed by atoms with Crippen LogP contribution in [-0.2, 0) is 20.0 Å². The molecular weight excluding hydrogens is 360 g/mol. The van der Waals surface area contributed by atoms with Crippen molar-refractivity contribution in [2.24, 2.45) is 22.9 Å². The Labute approximate surface area is 147 Å². The number of hydrogen-bond donors (Lipinski definition) is 7. The van der Waals surface area contributed by atoms with Gasteiger partial charge in [-0.25, -0.2) is 8.42 Å². The van der Waals surface area contributed by atoms with Crippen LogP contribution in [0.15, 0.2) is 0 Å². The molecule has 0 spiro atoms. The third-order valence-electron chi connectivity index (χ3n) is 2.57. The van der Waals surface area contributed by atoms with Crippen molar-refractivity contribution in [1.29, 1.82) is 0 Å². The number of unbranched alkanes of at least 4 members (excludes halogenated alkanes) is 2. The van der Waals surface area contributed by atoms with Crippen molar-refractivity contribution in [3.8, 4) is 0 Å². The highest BCUT2D eigenvalue weighted by atomic mass is 32.3. The summed E-state index contributed by atoms with van der Waals surface area (Å²) >= 11 is 0. The highest BCUT2D eigenvalue weighted by Gasteiger charge is 2.09. The van der Waals surface area contributed by atoms with Crippen LogP contribution in [0.4, 0.5) is 0 Å². The lowest BCUT2D eigenvalue weighted by Gasteiger charge is -2.03. The van der Waals surface area contributed by atoms with E-state index in [1.54, 1.807) is 0 Å². The Bertz CT molecular complexity index is 412. The number of carbonyl (C=O) groups is 2. The molecule has 25 heavy (non-hydrogen) atoms. The molecule has 0 aliphatic rings. The van der Waals surface area contributed by atoms with E-state index in [1.165, 1.54) is 0 Å². The summed E-state index contributed by atoms with van der Waals surface area (Å²) in [6.45, 7) is 1.21. The first-order chi connectivity index (χ1) is 11.4. The molecule has 12 nitrogen and oxygen atoms in total. The summed E-state index contributed by atoms with van der Waals surface area (Å²) in [5.74, 6) is -1.87. The number of rotatable bonds is 10. The molecule has 0 unspecified atom stereocenters. The van der Waals surface area contributed by atoms with Gasteiger partial charge in [0.25, 0.3) is 0 Å². The summed E-state index contributed by atoms with van der Waals surface area (Å²) in [4.78, 5) is 20.3. The lowest BCUT2D eigenvalue weighted by atomic mass is 10.1. The molecule has 0 bridgehead atoms. The minimum Gasteiger partial charge on any atom is -0.726 e. The third-order valence-corrected chi connectivity index (χ3v) is 2.57. The van der Waals surface area contributed by atoms with Gasteiger partial charge < -0.3 is 37.7 Å². The fourth-order valence-corrected chi connectivity index (χ4v) is 1.26. The lowest BCUT2D eigenvalue weighted by Crippen LogP contribution is -2.29. The molecule has 152 valence electrons. The fraction of sp³-hybridized carbons (Fsp3) is 0.833. The van der Waals surface area contributed by atoms with Crippen molar-refractivity contribution in [1.82, 2.24) is 0 Å². The van der Waals surface area contributed by atoms with Gasteiger partial charge in [0.1, 0.15) is 12.1 Å². The van der Waals surface area contributed by atoms with E-state index in [0.29, 0.717) is 25.9 Å². The summed E-state index contributed by atoms with van der Waals surface area (Å²) in [7, 11) is -4.92. The zero-order chi connectivity index (χ0) is 20.5. The number of carboxylic acids is 2. The van der Waals surface area contributed by atoms with Crippen molar-refractivity contribution < 1.29 is 37.3 Å². The molecule has 0 rings (SSSR count). The molecule has 0 radical (unpaired) electrons. The van der Waals surface area contributed by atoms with E-state index in [4.69, 9.17) is 50.7 Å². The van der Waals surface area contributed by atoms with E-state index in [-0.39, 0.29) is 0 Å². The van der Waals surface area contributed by atoms with E-state index in [1.807, 2.05) is 0 Å². The molecule has 0 saturated carbocycles. The predicted molar refractivity (Wildman–Crippen MR) is 89.4 cm³/mol. The molecule has 0 aromatic rings. The molecule has 0 aliphatic carbocycles.